The van der Waals surface area contributed by atoms with Crippen LogP contribution in [0.25, 0.3) is 11.3 Å². The predicted molar refractivity (Wildman–Crippen MR) is 124 cm³/mol. The van der Waals surface area contributed by atoms with Gasteiger partial charge >= 0.3 is 0 Å². The van der Waals surface area contributed by atoms with Crippen molar-refractivity contribution in [2.24, 2.45) is 0 Å². The third-order valence-electron chi connectivity index (χ3n) is 5.16. The first-order chi connectivity index (χ1) is 15.9. The lowest BCUT2D eigenvalue weighted by Gasteiger charge is -2.19. The summed E-state index contributed by atoms with van der Waals surface area (Å²) in [6.45, 7) is 3.61. The first kappa shape index (κ1) is 21.9. The van der Waals surface area contributed by atoms with Gasteiger partial charge in [0.25, 0.3) is 5.91 Å². The monoisotopic (exact) mass is 455 g/mol. The third kappa shape index (κ3) is 4.10. The number of hydrogen-bond donors (Lipinski definition) is 1. The van der Waals surface area contributed by atoms with Gasteiger partial charge in [-0.05, 0) is 55.4 Å². The van der Waals surface area contributed by atoms with Gasteiger partial charge in [-0.25, -0.2) is 4.98 Å². The molecule has 0 atom stereocenters. The lowest BCUT2D eigenvalue weighted by molar-refractivity contribution is -0.112. The Balaban J connectivity index is 1.77. The number of aryl methyl sites for hydroxylation is 1. The van der Waals surface area contributed by atoms with Crippen molar-refractivity contribution in [2.45, 2.75) is 13.8 Å². The number of amides is 1. The van der Waals surface area contributed by atoms with Crippen molar-refractivity contribution in [3.8, 4) is 23.5 Å². The van der Waals surface area contributed by atoms with Crippen molar-refractivity contribution < 1.29 is 14.0 Å². The number of thioether (sulfide) groups is 1. The number of nitrogens with zero attached hydrogens (tertiary/aromatic N) is 4. The van der Waals surface area contributed by atoms with Crippen LogP contribution in [-0.2, 0) is 9.59 Å². The molecule has 0 radical (unpaired) electrons. The van der Waals surface area contributed by atoms with Crippen LogP contribution in [0, 0.1) is 36.5 Å². The molecule has 9 heteroatoms. The van der Waals surface area contributed by atoms with E-state index in [1.165, 1.54) is 6.26 Å². The minimum absolute atomic E-state index is 0.0194. The van der Waals surface area contributed by atoms with Gasteiger partial charge in [-0.2, -0.15) is 10.5 Å². The standard InChI is InChI=1S/C24H17N5O3S/c1-14-15(2)27-22(17(11-25)21(14)19-9-6-10-32-19)28-23(31)18(12-26)24-29(13-20(30)33-24)16-7-4-3-5-8-16/h3-10H,13H2,1-2H3,(H,27,28,31)/b24-18+. The zero-order chi connectivity index (χ0) is 23.5. The molecule has 1 N–H and O–H groups in total. The van der Waals surface area contributed by atoms with E-state index in [-0.39, 0.29) is 33.6 Å². The largest absolute Gasteiger partial charge is 0.464 e. The zero-order valence-electron chi connectivity index (χ0n) is 17.7. The molecule has 0 unspecified atom stereocenters. The highest BCUT2D eigenvalue weighted by atomic mass is 32.2. The summed E-state index contributed by atoms with van der Waals surface area (Å²) in [5.74, 6) is -0.268. The Hall–Kier alpha value is -4.34. The van der Waals surface area contributed by atoms with E-state index < -0.39 is 5.91 Å². The molecule has 4 rings (SSSR count). The number of anilines is 2. The Morgan fingerprint density at radius 1 is 1.18 bits per heavy atom. The van der Waals surface area contributed by atoms with Gasteiger partial charge in [-0.15, -0.1) is 0 Å². The number of benzene rings is 1. The van der Waals surface area contributed by atoms with Crippen molar-refractivity contribution in [1.29, 1.82) is 10.5 Å². The van der Waals surface area contributed by atoms with Crippen molar-refractivity contribution in [1.82, 2.24) is 4.98 Å². The molecule has 1 aromatic carbocycles. The van der Waals surface area contributed by atoms with E-state index in [0.717, 1.165) is 17.3 Å². The van der Waals surface area contributed by atoms with Gasteiger partial charge in [0.1, 0.15) is 34.1 Å². The number of nitrogens with one attached hydrogen (secondary N) is 1. The Kier molecular flexibility index (Phi) is 5.99. The molecule has 162 valence electrons. The van der Waals surface area contributed by atoms with E-state index in [0.29, 0.717) is 22.7 Å². The molecule has 8 nitrogen and oxygen atoms in total. The molecule has 0 aliphatic carbocycles. The Morgan fingerprint density at radius 3 is 2.58 bits per heavy atom. The van der Waals surface area contributed by atoms with Gasteiger partial charge in [-0.3, -0.25) is 9.59 Å². The highest BCUT2D eigenvalue weighted by Gasteiger charge is 2.32. The number of nitriles is 2. The van der Waals surface area contributed by atoms with Crippen molar-refractivity contribution >= 4 is 34.3 Å². The molecule has 2 aromatic heterocycles. The fourth-order valence-electron chi connectivity index (χ4n) is 3.49. The minimum Gasteiger partial charge on any atom is -0.464 e. The van der Waals surface area contributed by atoms with Crippen LogP contribution >= 0.6 is 11.8 Å². The molecular formula is C24H17N5O3S. The van der Waals surface area contributed by atoms with Gasteiger partial charge < -0.3 is 14.6 Å². The average molecular weight is 455 g/mol. The molecule has 3 aromatic rings. The molecular weight excluding hydrogens is 438 g/mol. The number of aromatic nitrogens is 1. The molecule has 3 heterocycles. The van der Waals surface area contributed by atoms with E-state index >= 15 is 0 Å². The number of rotatable bonds is 4. The van der Waals surface area contributed by atoms with E-state index in [1.54, 1.807) is 48.2 Å². The van der Waals surface area contributed by atoms with E-state index in [4.69, 9.17) is 4.42 Å². The number of hydrogen-bond acceptors (Lipinski definition) is 8. The van der Waals surface area contributed by atoms with Crippen LogP contribution < -0.4 is 10.2 Å². The smallest absolute Gasteiger partial charge is 0.270 e. The summed E-state index contributed by atoms with van der Waals surface area (Å²) in [5, 5.41) is 22.3. The highest BCUT2D eigenvalue weighted by Crippen LogP contribution is 2.37. The second kappa shape index (κ2) is 9.03. The summed E-state index contributed by atoms with van der Waals surface area (Å²) in [5.41, 5.74) is 2.43. The Morgan fingerprint density at radius 2 is 1.94 bits per heavy atom. The van der Waals surface area contributed by atoms with Gasteiger partial charge in [0, 0.05) is 16.9 Å². The van der Waals surface area contributed by atoms with Gasteiger partial charge in [0.15, 0.2) is 5.82 Å². The topological polar surface area (TPSA) is 123 Å². The first-order valence-corrected chi connectivity index (χ1v) is 10.7. The summed E-state index contributed by atoms with van der Waals surface area (Å²) in [4.78, 5) is 31.3. The fourth-order valence-corrected chi connectivity index (χ4v) is 4.42. The molecule has 0 spiro atoms. The van der Waals surface area contributed by atoms with Crippen LogP contribution in [0.2, 0.25) is 0 Å². The molecule has 0 saturated carbocycles. The summed E-state index contributed by atoms with van der Waals surface area (Å²) >= 11 is 0.840. The lowest BCUT2D eigenvalue weighted by atomic mass is 10.00. The number of carbonyl (C=O) groups excluding carboxylic acids is 2. The maximum absolute atomic E-state index is 13.2. The van der Waals surface area contributed by atoms with E-state index in [2.05, 4.69) is 16.4 Å². The lowest BCUT2D eigenvalue weighted by Crippen LogP contribution is -2.24. The quantitative estimate of drug-likeness (QED) is 0.457. The molecule has 1 aliphatic heterocycles. The number of furan rings is 1. The SMILES string of the molecule is Cc1nc(NC(=O)/C(C#N)=C2/SC(=O)CN2c2ccccc2)c(C#N)c(-c2ccco2)c1C. The summed E-state index contributed by atoms with van der Waals surface area (Å²) in [7, 11) is 0. The van der Waals surface area contributed by atoms with Crippen molar-refractivity contribution in [3.05, 3.63) is 76.2 Å². The molecule has 1 amide bonds. The van der Waals surface area contributed by atoms with Crippen LogP contribution in [0.1, 0.15) is 16.8 Å². The summed E-state index contributed by atoms with van der Waals surface area (Å²) in [6, 6.07) is 16.5. The second-order valence-electron chi connectivity index (χ2n) is 7.15. The summed E-state index contributed by atoms with van der Waals surface area (Å²) in [6.07, 6.45) is 1.49. The van der Waals surface area contributed by atoms with Crippen LogP contribution in [0.15, 0.2) is 63.7 Å². The first-order valence-electron chi connectivity index (χ1n) is 9.88. The highest BCUT2D eigenvalue weighted by molar-refractivity contribution is 8.17. The average Bonchev–Trinajstić information content (AvgIpc) is 3.47. The molecule has 0 bridgehead atoms. The van der Waals surface area contributed by atoms with Crippen LogP contribution in [0.3, 0.4) is 0 Å². The fraction of sp³-hybridized carbons (Fsp3) is 0.125. The van der Waals surface area contributed by atoms with Gasteiger partial charge in [0.05, 0.1) is 12.8 Å². The van der Waals surface area contributed by atoms with Crippen molar-refractivity contribution in [3.63, 3.8) is 0 Å². The van der Waals surface area contributed by atoms with E-state index in [9.17, 15) is 20.1 Å². The molecule has 1 aliphatic rings. The van der Waals surface area contributed by atoms with Gasteiger partial charge in [0.2, 0.25) is 5.12 Å². The van der Waals surface area contributed by atoms with Crippen molar-refractivity contribution in [2.75, 3.05) is 16.8 Å². The number of carbonyl (C=O) groups is 2. The Bertz CT molecular complexity index is 1370. The van der Waals surface area contributed by atoms with Crippen LogP contribution in [0.5, 0.6) is 0 Å². The third-order valence-corrected chi connectivity index (χ3v) is 6.13. The zero-order valence-corrected chi connectivity index (χ0v) is 18.6. The maximum Gasteiger partial charge on any atom is 0.270 e. The van der Waals surface area contributed by atoms with Crippen LogP contribution in [0.4, 0.5) is 11.5 Å². The van der Waals surface area contributed by atoms with Gasteiger partial charge in [-0.1, -0.05) is 18.2 Å². The molecule has 1 fully saturated rings. The number of pyridine rings is 1. The predicted octanol–water partition coefficient (Wildman–Crippen LogP) is 4.28. The molecule has 1 saturated heterocycles. The summed E-state index contributed by atoms with van der Waals surface area (Å²) < 4.78 is 5.48. The van der Waals surface area contributed by atoms with E-state index in [1.807, 2.05) is 19.1 Å². The minimum atomic E-state index is -0.756. The number of para-hydroxylation sites is 1. The van der Waals surface area contributed by atoms with Crippen LogP contribution in [-0.4, -0.2) is 22.6 Å². The second-order valence-corrected chi connectivity index (χ2v) is 8.20. The maximum atomic E-state index is 13.2. The normalized spacial score (nSPS) is 14.5. The molecule has 33 heavy (non-hydrogen) atoms. The Labute approximate surface area is 194 Å².